The molecule has 1 heterocycles. The highest BCUT2D eigenvalue weighted by Gasteiger charge is 2.35. The van der Waals surface area contributed by atoms with Crippen molar-refractivity contribution in [2.24, 2.45) is 0 Å². The Morgan fingerprint density at radius 2 is 2.33 bits per heavy atom. The van der Waals surface area contributed by atoms with Crippen molar-refractivity contribution in [3.8, 4) is 0 Å². The van der Waals surface area contributed by atoms with Gasteiger partial charge in [0, 0.05) is 0 Å². The molecule has 0 radical (unpaired) electrons. The lowest BCUT2D eigenvalue weighted by atomic mass is 10.5. The number of Topliss-reactive ketones (excluding diaryl/α,β-unsaturated/α-hetero) is 1. The van der Waals surface area contributed by atoms with Crippen LogP contribution in [0.25, 0.3) is 0 Å². The summed E-state index contributed by atoms with van der Waals surface area (Å²) in [5.74, 6) is 0.0395. The molecule has 3 nitrogen and oxygen atoms in total. The van der Waals surface area contributed by atoms with Gasteiger partial charge in [0.25, 0.3) is 0 Å². The van der Waals surface area contributed by atoms with Crippen molar-refractivity contribution in [1.82, 2.24) is 0 Å². The molecule has 2 unspecified atom stereocenters. The molecule has 1 saturated heterocycles. The summed E-state index contributed by atoms with van der Waals surface area (Å²) in [6.45, 7) is 3.58. The van der Waals surface area contributed by atoms with Crippen LogP contribution < -0.4 is 0 Å². The zero-order valence-corrected chi connectivity index (χ0v) is 5.59. The van der Waals surface area contributed by atoms with E-state index in [0.29, 0.717) is 0 Å². The second-order valence-corrected chi connectivity index (χ2v) is 2.22. The van der Waals surface area contributed by atoms with E-state index < -0.39 is 0 Å². The summed E-state index contributed by atoms with van der Waals surface area (Å²) >= 11 is 0. The van der Waals surface area contributed by atoms with E-state index in [9.17, 15) is 4.79 Å². The van der Waals surface area contributed by atoms with E-state index in [2.05, 4.69) is 0 Å². The molecule has 0 aromatic heterocycles. The topological polar surface area (TPSA) is 38.8 Å². The van der Waals surface area contributed by atoms with Crippen LogP contribution in [0.15, 0.2) is 0 Å². The fourth-order valence-corrected chi connectivity index (χ4v) is 0.540. The molecule has 0 bridgehead atoms. The molecule has 0 amide bonds. The number of ketones is 1. The standard InChI is InChI=1S/C6H10O3/c1-4(7)3-8-6-5(2)9-6/h5-6H,3H2,1-2H3. The van der Waals surface area contributed by atoms with E-state index in [0.717, 1.165) is 0 Å². The Hall–Kier alpha value is -0.410. The summed E-state index contributed by atoms with van der Waals surface area (Å²) in [6, 6.07) is 0. The van der Waals surface area contributed by atoms with E-state index in [1.165, 1.54) is 6.92 Å². The van der Waals surface area contributed by atoms with Crippen LogP contribution in [0, 0.1) is 0 Å². The van der Waals surface area contributed by atoms with Gasteiger partial charge < -0.3 is 9.47 Å². The molecule has 1 fully saturated rings. The van der Waals surface area contributed by atoms with Crippen LogP contribution in [0.5, 0.6) is 0 Å². The molecule has 2 atom stereocenters. The lowest BCUT2D eigenvalue weighted by Gasteiger charge is -1.92. The number of ether oxygens (including phenoxy) is 2. The van der Waals surface area contributed by atoms with Crippen molar-refractivity contribution >= 4 is 5.78 Å². The molecular formula is C6H10O3. The lowest BCUT2D eigenvalue weighted by Crippen LogP contribution is -2.06. The Balaban J connectivity index is 2.00. The average Bonchev–Trinajstić information content (AvgIpc) is 2.42. The Morgan fingerprint density at radius 1 is 1.78 bits per heavy atom. The third-order valence-corrected chi connectivity index (χ3v) is 1.11. The molecule has 1 aliphatic heterocycles. The first-order valence-electron chi connectivity index (χ1n) is 2.96. The monoisotopic (exact) mass is 130 g/mol. The number of epoxide rings is 1. The fraction of sp³-hybridized carbons (Fsp3) is 0.833. The van der Waals surface area contributed by atoms with Crippen LogP contribution >= 0.6 is 0 Å². The van der Waals surface area contributed by atoms with Gasteiger partial charge in [-0.05, 0) is 13.8 Å². The predicted molar refractivity (Wildman–Crippen MR) is 31.0 cm³/mol. The maximum Gasteiger partial charge on any atom is 0.184 e. The first-order valence-corrected chi connectivity index (χ1v) is 2.96. The fourth-order valence-electron chi connectivity index (χ4n) is 0.540. The SMILES string of the molecule is CC(=O)COC1OC1C. The van der Waals surface area contributed by atoms with Gasteiger partial charge in [-0.25, -0.2) is 0 Å². The Morgan fingerprint density at radius 3 is 2.67 bits per heavy atom. The summed E-state index contributed by atoms with van der Waals surface area (Å²) in [4.78, 5) is 10.3. The van der Waals surface area contributed by atoms with Crippen molar-refractivity contribution in [2.45, 2.75) is 26.2 Å². The smallest absolute Gasteiger partial charge is 0.184 e. The minimum Gasteiger partial charge on any atom is -0.342 e. The van der Waals surface area contributed by atoms with Gasteiger partial charge in [-0.3, -0.25) is 4.79 Å². The number of rotatable bonds is 3. The quantitative estimate of drug-likeness (QED) is 0.517. The third-order valence-electron chi connectivity index (χ3n) is 1.11. The zero-order chi connectivity index (χ0) is 6.85. The van der Waals surface area contributed by atoms with E-state index in [1.54, 1.807) is 0 Å². The first kappa shape index (κ1) is 6.71. The van der Waals surface area contributed by atoms with Crippen molar-refractivity contribution in [3.05, 3.63) is 0 Å². The van der Waals surface area contributed by atoms with Crippen molar-refractivity contribution in [2.75, 3.05) is 6.61 Å². The summed E-state index contributed by atoms with van der Waals surface area (Å²) in [7, 11) is 0. The maximum absolute atomic E-state index is 10.3. The van der Waals surface area contributed by atoms with E-state index in [4.69, 9.17) is 9.47 Å². The molecule has 0 N–H and O–H groups in total. The average molecular weight is 130 g/mol. The molecule has 0 aliphatic carbocycles. The van der Waals surface area contributed by atoms with Gasteiger partial charge in [-0.2, -0.15) is 0 Å². The minimum atomic E-state index is -0.117. The van der Waals surface area contributed by atoms with Crippen LogP contribution in [0.4, 0.5) is 0 Å². The van der Waals surface area contributed by atoms with E-state index in [1.807, 2.05) is 6.92 Å². The third kappa shape index (κ3) is 2.11. The number of carbonyl (C=O) groups excluding carboxylic acids is 1. The highest BCUT2D eigenvalue weighted by Crippen LogP contribution is 2.21. The molecule has 1 aliphatic rings. The molecule has 9 heavy (non-hydrogen) atoms. The normalized spacial score (nSPS) is 32.2. The molecule has 0 saturated carbocycles. The van der Waals surface area contributed by atoms with E-state index >= 15 is 0 Å². The van der Waals surface area contributed by atoms with Gasteiger partial charge in [-0.1, -0.05) is 0 Å². The van der Waals surface area contributed by atoms with Crippen LogP contribution in [-0.2, 0) is 14.3 Å². The predicted octanol–water partition coefficient (Wildman–Crippen LogP) is 0.337. The second-order valence-electron chi connectivity index (χ2n) is 2.22. The zero-order valence-electron chi connectivity index (χ0n) is 5.59. The summed E-state index contributed by atoms with van der Waals surface area (Å²) in [6.07, 6.45) is 0.0678. The summed E-state index contributed by atoms with van der Waals surface area (Å²) < 4.78 is 9.85. The van der Waals surface area contributed by atoms with Crippen LogP contribution in [0.2, 0.25) is 0 Å². The number of hydrogen-bond acceptors (Lipinski definition) is 3. The van der Waals surface area contributed by atoms with Gasteiger partial charge >= 0.3 is 0 Å². The Kier molecular flexibility index (Phi) is 1.83. The summed E-state index contributed by atoms with van der Waals surface area (Å²) in [5, 5.41) is 0. The Bertz CT molecular complexity index is 121. The van der Waals surface area contributed by atoms with E-state index in [-0.39, 0.29) is 24.8 Å². The van der Waals surface area contributed by atoms with Gasteiger partial charge in [0.2, 0.25) is 0 Å². The second kappa shape index (κ2) is 2.45. The lowest BCUT2D eigenvalue weighted by molar-refractivity contribution is -0.123. The first-order chi connectivity index (χ1) is 4.20. The summed E-state index contributed by atoms with van der Waals surface area (Å²) in [5.41, 5.74) is 0. The molecular weight excluding hydrogens is 120 g/mol. The highest BCUT2D eigenvalue weighted by atomic mass is 16.8. The van der Waals surface area contributed by atoms with Crippen molar-refractivity contribution in [1.29, 1.82) is 0 Å². The van der Waals surface area contributed by atoms with Gasteiger partial charge in [0.05, 0.1) is 0 Å². The van der Waals surface area contributed by atoms with Gasteiger partial charge in [0.15, 0.2) is 12.1 Å². The largest absolute Gasteiger partial charge is 0.342 e. The molecule has 1 rings (SSSR count). The highest BCUT2D eigenvalue weighted by molar-refractivity contribution is 5.76. The molecule has 52 valence electrons. The molecule has 0 aromatic carbocycles. The van der Waals surface area contributed by atoms with Crippen molar-refractivity contribution < 1.29 is 14.3 Å². The molecule has 0 aromatic rings. The maximum atomic E-state index is 10.3. The Labute approximate surface area is 53.9 Å². The van der Waals surface area contributed by atoms with Gasteiger partial charge in [0.1, 0.15) is 12.7 Å². The van der Waals surface area contributed by atoms with Crippen molar-refractivity contribution in [3.63, 3.8) is 0 Å². The molecule has 0 spiro atoms. The minimum absolute atomic E-state index is 0.0395. The van der Waals surface area contributed by atoms with Crippen LogP contribution in [0.3, 0.4) is 0 Å². The number of carbonyl (C=O) groups is 1. The molecule has 3 heteroatoms. The van der Waals surface area contributed by atoms with Crippen LogP contribution in [-0.4, -0.2) is 24.8 Å². The van der Waals surface area contributed by atoms with Crippen LogP contribution in [0.1, 0.15) is 13.8 Å². The number of hydrogen-bond donors (Lipinski definition) is 0. The van der Waals surface area contributed by atoms with Gasteiger partial charge in [-0.15, -0.1) is 0 Å².